The molecule has 2 heterocycles. The first-order chi connectivity index (χ1) is 13.4. The molecule has 0 aliphatic heterocycles. The average molecular weight is 419 g/mol. The van der Waals surface area contributed by atoms with Crippen LogP contribution in [0.25, 0.3) is 10.2 Å². The van der Waals surface area contributed by atoms with Crippen molar-refractivity contribution in [3.05, 3.63) is 20.8 Å². The molecule has 1 unspecified atom stereocenters. The Bertz CT molecular complexity index is 900. The van der Waals surface area contributed by atoms with Crippen LogP contribution in [0.1, 0.15) is 89.1 Å². The van der Waals surface area contributed by atoms with E-state index in [1.807, 2.05) is 0 Å². The van der Waals surface area contributed by atoms with Crippen molar-refractivity contribution in [1.82, 2.24) is 9.55 Å². The van der Waals surface area contributed by atoms with Crippen molar-refractivity contribution < 1.29 is 0 Å². The lowest BCUT2D eigenvalue weighted by Gasteiger charge is -2.33. The number of hydrogen-bond donors (Lipinski definition) is 0. The van der Waals surface area contributed by atoms with E-state index in [4.69, 9.17) is 4.98 Å². The zero-order valence-electron chi connectivity index (χ0n) is 17.8. The number of thioether (sulfide) groups is 1. The van der Waals surface area contributed by atoms with Gasteiger partial charge in [0.05, 0.1) is 5.39 Å². The van der Waals surface area contributed by atoms with Crippen LogP contribution in [-0.2, 0) is 12.8 Å². The Hall–Kier alpha value is -0.810. The molecule has 0 N–H and O–H groups in total. The first-order valence-corrected chi connectivity index (χ1v) is 12.9. The molecular weight excluding hydrogens is 384 g/mol. The number of nitrogens with zero attached hydrogens (tertiary/aromatic N) is 2. The molecule has 0 spiro atoms. The maximum absolute atomic E-state index is 13.7. The molecule has 0 aromatic carbocycles. The fourth-order valence-corrected chi connectivity index (χ4v) is 7.18. The molecule has 4 rings (SSSR count). The standard InChI is InChI=1S/C23H34N2OS2/c1-5-13-27-22-24-20-19(21(26)25(22)16-9-7-6-8-10-16)17-12-11-15(23(2,3)4)14-18(17)28-20/h15-16H,5-14H2,1-4H3. The monoisotopic (exact) mass is 418 g/mol. The molecular formula is C23H34N2OS2. The van der Waals surface area contributed by atoms with Crippen LogP contribution in [-0.4, -0.2) is 15.3 Å². The summed E-state index contributed by atoms with van der Waals surface area (Å²) in [7, 11) is 0. The van der Waals surface area contributed by atoms with E-state index in [0.717, 1.165) is 53.2 Å². The van der Waals surface area contributed by atoms with Gasteiger partial charge in [0.25, 0.3) is 5.56 Å². The van der Waals surface area contributed by atoms with Crippen LogP contribution in [0.4, 0.5) is 0 Å². The molecule has 154 valence electrons. The highest BCUT2D eigenvalue weighted by atomic mass is 32.2. The molecule has 28 heavy (non-hydrogen) atoms. The van der Waals surface area contributed by atoms with E-state index in [2.05, 4.69) is 32.3 Å². The number of thiophene rings is 1. The lowest BCUT2D eigenvalue weighted by molar-refractivity contribution is 0.218. The van der Waals surface area contributed by atoms with Crippen molar-refractivity contribution >= 4 is 33.3 Å². The highest BCUT2D eigenvalue weighted by Crippen LogP contribution is 2.43. The minimum atomic E-state index is 0.252. The molecule has 0 amide bonds. The Morgan fingerprint density at radius 2 is 1.93 bits per heavy atom. The molecule has 0 radical (unpaired) electrons. The Kier molecular flexibility index (Phi) is 5.95. The highest BCUT2D eigenvalue weighted by Gasteiger charge is 2.32. The van der Waals surface area contributed by atoms with Crippen LogP contribution >= 0.6 is 23.1 Å². The van der Waals surface area contributed by atoms with Gasteiger partial charge in [-0.15, -0.1) is 11.3 Å². The lowest BCUT2D eigenvalue weighted by atomic mass is 9.72. The number of aromatic nitrogens is 2. The van der Waals surface area contributed by atoms with E-state index in [-0.39, 0.29) is 5.56 Å². The van der Waals surface area contributed by atoms with Gasteiger partial charge in [0.1, 0.15) is 4.83 Å². The average Bonchev–Trinajstić information content (AvgIpc) is 3.04. The Balaban J connectivity index is 1.82. The smallest absolute Gasteiger partial charge is 0.263 e. The predicted molar refractivity (Wildman–Crippen MR) is 122 cm³/mol. The molecule has 2 aromatic rings. The molecule has 3 nitrogen and oxygen atoms in total. The topological polar surface area (TPSA) is 34.9 Å². The van der Waals surface area contributed by atoms with Crippen LogP contribution < -0.4 is 5.56 Å². The first kappa shape index (κ1) is 20.5. The fourth-order valence-electron chi connectivity index (χ4n) is 4.91. The molecule has 2 aromatic heterocycles. The van der Waals surface area contributed by atoms with E-state index < -0.39 is 0 Å². The summed E-state index contributed by atoms with van der Waals surface area (Å²) in [5.74, 6) is 1.73. The van der Waals surface area contributed by atoms with E-state index in [1.165, 1.54) is 36.1 Å². The molecule has 2 aliphatic rings. The molecule has 0 saturated heterocycles. The van der Waals surface area contributed by atoms with Gasteiger partial charge in [0.2, 0.25) is 0 Å². The second-order valence-electron chi connectivity index (χ2n) is 9.70. The molecule has 1 fully saturated rings. The summed E-state index contributed by atoms with van der Waals surface area (Å²) in [4.78, 5) is 21.2. The van der Waals surface area contributed by atoms with Gasteiger partial charge in [-0.25, -0.2) is 4.98 Å². The molecule has 2 aliphatic carbocycles. The van der Waals surface area contributed by atoms with Crippen LogP contribution in [0.15, 0.2) is 9.95 Å². The maximum Gasteiger partial charge on any atom is 0.263 e. The third-order valence-electron chi connectivity index (χ3n) is 6.68. The Morgan fingerprint density at radius 3 is 2.61 bits per heavy atom. The number of fused-ring (bicyclic) bond motifs is 3. The molecule has 0 bridgehead atoms. The molecule has 1 atom stereocenters. The third kappa shape index (κ3) is 3.81. The SMILES string of the molecule is CCCSc1nc2sc3c(c2c(=O)n1C1CCCCC1)CCC(C(C)(C)C)C3. The van der Waals surface area contributed by atoms with Gasteiger partial charge >= 0.3 is 0 Å². The second kappa shape index (κ2) is 8.14. The van der Waals surface area contributed by atoms with Crippen LogP contribution in [0.5, 0.6) is 0 Å². The number of aryl methyl sites for hydroxylation is 1. The normalized spacial score (nSPS) is 21.2. The van der Waals surface area contributed by atoms with Gasteiger partial charge < -0.3 is 0 Å². The van der Waals surface area contributed by atoms with Gasteiger partial charge in [-0.05, 0) is 55.4 Å². The third-order valence-corrected chi connectivity index (χ3v) is 8.99. The van der Waals surface area contributed by atoms with Gasteiger partial charge in [-0.1, -0.05) is 58.7 Å². The zero-order valence-corrected chi connectivity index (χ0v) is 19.5. The van der Waals surface area contributed by atoms with Crippen LogP contribution in [0.2, 0.25) is 0 Å². The quantitative estimate of drug-likeness (QED) is 0.413. The van der Waals surface area contributed by atoms with E-state index in [1.54, 1.807) is 23.1 Å². The van der Waals surface area contributed by atoms with Crippen molar-refractivity contribution in [3.63, 3.8) is 0 Å². The molecule has 5 heteroatoms. The zero-order chi connectivity index (χ0) is 19.9. The van der Waals surface area contributed by atoms with Crippen LogP contribution in [0.3, 0.4) is 0 Å². The summed E-state index contributed by atoms with van der Waals surface area (Å²) in [6.45, 7) is 9.25. The summed E-state index contributed by atoms with van der Waals surface area (Å²) in [5.41, 5.74) is 1.91. The van der Waals surface area contributed by atoms with Crippen LogP contribution in [0, 0.1) is 11.3 Å². The minimum Gasteiger partial charge on any atom is -0.284 e. The lowest BCUT2D eigenvalue weighted by Crippen LogP contribution is -2.30. The van der Waals surface area contributed by atoms with Crippen molar-refractivity contribution in [2.45, 2.75) is 96.7 Å². The largest absolute Gasteiger partial charge is 0.284 e. The maximum atomic E-state index is 13.7. The predicted octanol–water partition coefficient (Wildman–Crippen LogP) is 6.62. The van der Waals surface area contributed by atoms with E-state index in [9.17, 15) is 4.79 Å². The Labute approximate surface area is 177 Å². The van der Waals surface area contributed by atoms with Crippen molar-refractivity contribution in [2.75, 3.05) is 5.75 Å². The molecule has 1 saturated carbocycles. The van der Waals surface area contributed by atoms with Crippen molar-refractivity contribution in [3.8, 4) is 0 Å². The second-order valence-corrected chi connectivity index (χ2v) is 11.8. The van der Waals surface area contributed by atoms with E-state index >= 15 is 0 Å². The van der Waals surface area contributed by atoms with Gasteiger partial charge in [0, 0.05) is 16.7 Å². The summed E-state index contributed by atoms with van der Waals surface area (Å²) >= 11 is 3.58. The Morgan fingerprint density at radius 1 is 1.18 bits per heavy atom. The van der Waals surface area contributed by atoms with Crippen molar-refractivity contribution in [2.24, 2.45) is 11.3 Å². The minimum absolute atomic E-state index is 0.252. The van der Waals surface area contributed by atoms with Gasteiger partial charge in [0.15, 0.2) is 5.16 Å². The number of rotatable bonds is 4. The van der Waals surface area contributed by atoms with Crippen molar-refractivity contribution in [1.29, 1.82) is 0 Å². The number of hydrogen-bond acceptors (Lipinski definition) is 4. The van der Waals surface area contributed by atoms with Gasteiger partial charge in [-0.3, -0.25) is 9.36 Å². The summed E-state index contributed by atoms with van der Waals surface area (Å²) in [6, 6.07) is 0.346. The van der Waals surface area contributed by atoms with Gasteiger partial charge in [-0.2, -0.15) is 0 Å². The summed E-state index contributed by atoms with van der Waals surface area (Å²) < 4.78 is 2.10. The summed E-state index contributed by atoms with van der Waals surface area (Å²) in [6.07, 6.45) is 10.5. The highest BCUT2D eigenvalue weighted by molar-refractivity contribution is 7.99. The summed E-state index contributed by atoms with van der Waals surface area (Å²) in [5, 5.41) is 1.93. The fraction of sp³-hybridized carbons (Fsp3) is 0.739. The van der Waals surface area contributed by atoms with E-state index in [0.29, 0.717) is 17.4 Å². The first-order valence-electron chi connectivity index (χ1n) is 11.1.